The first-order valence-electron chi connectivity index (χ1n) is 10.7. The van der Waals surface area contributed by atoms with Gasteiger partial charge in [0.1, 0.15) is 6.61 Å². The van der Waals surface area contributed by atoms with Gasteiger partial charge in [0, 0.05) is 13.0 Å². The first-order chi connectivity index (χ1) is 15.3. The Morgan fingerprint density at radius 3 is 2.00 bits per heavy atom. The van der Waals surface area contributed by atoms with E-state index in [1.807, 2.05) is 57.2 Å². The van der Waals surface area contributed by atoms with Gasteiger partial charge in [-0.05, 0) is 65.3 Å². The molecule has 1 N–H and O–H groups in total. The molecule has 0 aromatic heterocycles. The van der Waals surface area contributed by atoms with E-state index < -0.39 is 18.1 Å². The first-order valence-corrected chi connectivity index (χ1v) is 10.7. The van der Waals surface area contributed by atoms with Gasteiger partial charge in [0.15, 0.2) is 6.04 Å². The molecule has 0 fully saturated rings. The number of carboxylic acids is 1. The van der Waals surface area contributed by atoms with Crippen LogP contribution in [0, 0.1) is 20.8 Å². The average molecular weight is 430 g/mol. The Hall–Kier alpha value is -3.60. The van der Waals surface area contributed by atoms with E-state index in [0.717, 1.165) is 38.9 Å². The zero-order valence-electron chi connectivity index (χ0n) is 18.8. The predicted molar refractivity (Wildman–Crippen MR) is 124 cm³/mol. The van der Waals surface area contributed by atoms with Crippen LogP contribution in [0.1, 0.15) is 45.3 Å². The highest BCUT2D eigenvalue weighted by Gasteiger charge is 2.33. The van der Waals surface area contributed by atoms with E-state index in [9.17, 15) is 14.7 Å². The van der Waals surface area contributed by atoms with Crippen LogP contribution in [0.4, 0.5) is 4.79 Å². The molecule has 0 spiro atoms. The Bertz CT molecular complexity index is 1150. The zero-order chi connectivity index (χ0) is 23.0. The topological polar surface area (TPSA) is 66.8 Å². The maximum absolute atomic E-state index is 12.9. The fraction of sp³-hybridized carbons (Fsp3) is 0.259. The summed E-state index contributed by atoms with van der Waals surface area (Å²) in [6.07, 6.45) is -0.656. The lowest BCUT2D eigenvalue weighted by Gasteiger charge is -2.27. The number of aryl methyl sites for hydroxylation is 3. The van der Waals surface area contributed by atoms with Crippen molar-refractivity contribution in [2.24, 2.45) is 0 Å². The van der Waals surface area contributed by atoms with E-state index in [0.29, 0.717) is 5.56 Å². The standard InChI is InChI=1S/C27H27NO4/c1-16-13-18(3)23(14-17(16)2)25(26(29)30)28(4)27(31)32-15-24-21-11-7-5-9-19(21)20-10-6-8-12-22(20)24/h5-14,24-25H,15H2,1-4H3,(H,29,30). The number of carboxylic acid groups (broad SMARTS) is 1. The van der Waals surface area contributed by atoms with Crippen molar-refractivity contribution in [3.63, 3.8) is 0 Å². The minimum absolute atomic E-state index is 0.0774. The lowest BCUT2D eigenvalue weighted by molar-refractivity contribution is -0.142. The molecule has 0 radical (unpaired) electrons. The first kappa shape index (κ1) is 21.6. The molecule has 1 aliphatic carbocycles. The number of carbonyl (C=O) groups is 2. The third kappa shape index (κ3) is 3.75. The van der Waals surface area contributed by atoms with Crippen LogP contribution in [-0.2, 0) is 9.53 Å². The van der Waals surface area contributed by atoms with Gasteiger partial charge in [-0.2, -0.15) is 0 Å². The largest absolute Gasteiger partial charge is 0.479 e. The third-order valence-electron chi connectivity index (χ3n) is 6.42. The van der Waals surface area contributed by atoms with E-state index in [1.165, 1.54) is 11.9 Å². The molecule has 3 aromatic rings. The molecule has 32 heavy (non-hydrogen) atoms. The lowest BCUT2D eigenvalue weighted by Crippen LogP contribution is -2.37. The molecule has 0 bridgehead atoms. The molecule has 4 rings (SSSR count). The summed E-state index contributed by atoms with van der Waals surface area (Å²) in [6.45, 7) is 5.93. The zero-order valence-corrected chi connectivity index (χ0v) is 18.8. The molecular weight excluding hydrogens is 402 g/mol. The highest BCUT2D eigenvalue weighted by Crippen LogP contribution is 2.44. The summed E-state index contributed by atoms with van der Waals surface area (Å²) in [7, 11) is 1.48. The van der Waals surface area contributed by atoms with Crippen LogP contribution >= 0.6 is 0 Å². The van der Waals surface area contributed by atoms with Crippen molar-refractivity contribution < 1.29 is 19.4 Å². The Morgan fingerprint density at radius 2 is 1.44 bits per heavy atom. The molecule has 1 aliphatic rings. The second-order valence-electron chi connectivity index (χ2n) is 8.45. The van der Waals surface area contributed by atoms with Crippen LogP contribution in [0.3, 0.4) is 0 Å². The molecule has 1 atom stereocenters. The van der Waals surface area contributed by atoms with Crippen molar-refractivity contribution in [1.82, 2.24) is 4.90 Å². The van der Waals surface area contributed by atoms with Gasteiger partial charge in [-0.25, -0.2) is 9.59 Å². The molecule has 0 saturated heterocycles. The second-order valence-corrected chi connectivity index (χ2v) is 8.45. The van der Waals surface area contributed by atoms with Crippen LogP contribution in [-0.4, -0.2) is 35.7 Å². The molecule has 5 heteroatoms. The summed E-state index contributed by atoms with van der Waals surface area (Å²) >= 11 is 0. The van der Waals surface area contributed by atoms with Crippen molar-refractivity contribution in [1.29, 1.82) is 0 Å². The minimum atomic E-state index is -1.12. The fourth-order valence-electron chi connectivity index (χ4n) is 4.59. The normalized spacial score (nSPS) is 13.2. The predicted octanol–water partition coefficient (Wildman–Crippen LogP) is 5.62. The van der Waals surface area contributed by atoms with Gasteiger partial charge in [-0.3, -0.25) is 4.90 Å². The Balaban J connectivity index is 1.56. The number of rotatable bonds is 5. The van der Waals surface area contributed by atoms with Gasteiger partial charge in [-0.15, -0.1) is 0 Å². The number of amides is 1. The monoisotopic (exact) mass is 429 g/mol. The van der Waals surface area contributed by atoms with Crippen molar-refractivity contribution in [3.8, 4) is 11.1 Å². The number of hydrogen-bond acceptors (Lipinski definition) is 3. The van der Waals surface area contributed by atoms with Gasteiger partial charge >= 0.3 is 12.1 Å². The summed E-state index contributed by atoms with van der Waals surface area (Å²) in [4.78, 5) is 26.3. The summed E-state index contributed by atoms with van der Waals surface area (Å²) in [5.74, 6) is -1.17. The molecule has 164 valence electrons. The van der Waals surface area contributed by atoms with E-state index in [4.69, 9.17) is 4.74 Å². The number of carbonyl (C=O) groups excluding carboxylic acids is 1. The molecule has 0 aliphatic heterocycles. The van der Waals surface area contributed by atoms with Gasteiger partial charge in [0.2, 0.25) is 0 Å². The van der Waals surface area contributed by atoms with E-state index in [2.05, 4.69) is 24.3 Å². The number of benzene rings is 3. The lowest BCUT2D eigenvalue weighted by atomic mass is 9.95. The highest BCUT2D eigenvalue weighted by molar-refractivity contribution is 5.82. The molecule has 3 aromatic carbocycles. The summed E-state index contributed by atoms with van der Waals surface area (Å²) in [5, 5.41) is 9.92. The number of aliphatic carboxylic acids is 1. The quantitative estimate of drug-likeness (QED) is 0.572. The molecule has 1 amide bonds. The smallest absolute Gasteiger partial charge is 0.410 e. The average Bonchev–Trinajstić information content (AvgIpc) is 3.09. The van der Waals surface area contributed by atoms with Gasteiger partial charge in [0.05, 0.1) is 0 Å². The number of hydrogen-bond donors (Lipinski definition) is 1. The molecule has 1 unspecified atom stereocenters. The molecule has 5 nitrogen and oxygen atoms in total. The number of nitrogens with zero attached hydrogens (tertiary/aromatic N) is 1. The fourth-order valence-corrected chi connectivity index (χ4v) is 4.59. The number of likely N-dealkylation sites (N-methyl/N-ethyl adjacent to an activating group) is 1. The molecule has 0 saturated carbocycles. The van der Waals surface area contributed by atoms with Crippen molar-refractivity contribution in [3.05, 3.63) is 94.0 Å². The second kappa shape index (κ2) is 8.50. The summed E-state index contributed by atoms with van der Waals surface area (Å²) in [6, 6.07) is 18.9. The van der Waals surface area contributed by atoms with Crippen molar-refractivity contribution >= 4 is 12.1 Å². The Labute approximate surface area is 188 Å². The van der Waals surface area contributed by atoms with Crippen LogP contribution < -0.4 is 0 Å². The Kier molecular flexibility index (Phi) is 5.74. The van der Waals surface area contributed by atoms with Gasteiger partial charge in [-0.1, -0.05) is 60.7 Å². The van der Waals surface area contributed by atoms with Crippen LogP contribution in [0.2, 0.25) is 0 Å². The van der Waals surface area contributed by atoms with E-state index in [1.54, 1.807) is 0 Å². The highest BCUT2D eigenvalue weighted by atomic mass is 16.6. The van der Waals surface area contributed by atoms with E-state index in [-0.39, 0.29) is 12.5 Å². The molecular formula is C27H27NO4. The minimum Gasteiger partial charge on any atom is -0.479 e. The van der Waals surface area contributed by atoms with E-state index >= 15 is 0 Å². The number of ether oxygens (including phenoxy) is 1. The van der Waals surface area contributed by atoms with Crippen LogP contribution in [0.15, 0.2) is 60.7 Å². The summed E-state index contributed by atoms with van der Waals surface area (Å²) < 4.78 is 5.67. The van der Waals surface area contributed by atoms with Gasteiger partial charge < -0.3 is 9.84 Å². The van der Waals surface area contributed by atoms with Gasteiger partial charge in [0.25, 0.3) is 0 Å². The number of fused-ring (bicyclic) bond motifs is 3. The Morgan fingerprint density at radius 1 is 0.906 bits per heavy atom. The SMILES string of the molecule is Cc1cc(C)c(C(C(=O)O)N(C)C(=O)OCC2c3ccccc3-c3ccccc32)cc1C. The third-order valence-corrected chi connectivity index (χ3v) is 6.42. The maximum Gasteiger partial charge on any atom is 0.410 e. The van der Waals surface area contributed by atoms with Crippen molar-refractivity contribution in [2.45, 2.75) is 32.7 Å². The van der Waals surface area contributed by atoms with Crippen LogP contribution in [0.5, 0.6) is 0 Å². The van der Waals surface area contributed by atoms with Crippen LogP contribution in [0.25, 0.3) is 11.1 Å². The maximum atomic E-state index is 12.9. The van der Waals surface area contributed by atoms with Crippen molar-refractivity contribution in [2.75, 3.05) is 13.7 Å². The molecule has 0 heterocycles. The summed E-state index contributed by atoms with van der Waals surface area (Å²) in [5.41, 5.74) is 8.01.